The fourth-order valence-corrected chi connectivity index (χ4v) is 9.78. The minimum Gasteiger partial charge on any atom is -0.308 e. The lowest BCUT2D eigenvalue weighted by molar-refractivity contribution is 1.06. The molecule has 0 saturated heterocycles. The Kier molecular flexibility index (Phi) is 10.2. The molecule has 0 spiro atoms. The van der Waals surface area contributed by atoms with Gasteiger partial charge in [0.1, 0.15) is 6.07 Å². The van der Waals surface area contributed by atoms with Gasteiger partial charge in [0.15, 0.2) is 28.8 Å². The summed E-state index contributed by atoms with van der Waals surface area (Å²) in [4.78, 5) is 22.9. The maximum Gasteiger partial charge on any atom is 0.189 e. The number of nitrogens with zero attached hydrogens (tertiary/aromatic N) is 10. The molecular weight excluding hydrogens is 885 g/mol. The van der Waals surface area contributed by atoms with Gasteiger partial charge in [0.05, 0.1) is 64.3 Å². The van der Waals surface area contributed by atoms with Gasteiger partial charge in [-0.05, 0) is 107 Å². The highest BCUT2D eigenvalue weighted by molar-refractivity contribution is 6.12. The van der Waals surface area contributed by atoms with Crippen molar-refractivity contribution in [1.82, 2.24) is 24.1 Å². The molecule has 0 aliphatic rings. The van der Waals surface area contributed by atoms with Crippen LogP contribution in [0.3, 0.4) is 0 Å². The van der Waals surface area contributed by atoms with Crippen LogP contribution in [0.4, 0.5) is 11.4 Å². The molecule has 0 atom stereocenters. The second-order valence-corrected chi connectivity index (χ2v) is 17.2. The van der Waals surface area contributed by atoms with Gasteiger partial charge in [-0.15, -0.1) is 0 Å². The average Bonchev–Trinajstić information content (AvgIpc) is 3.96. The molecule has 12 aromatic rings. The predicted octanol–water partition coefficient (Wildman–Crippen LogP) is 15.1. The molecule has 0 bridgehead atoms. The second kappa shape index (κ2) is 17.3. The van der Waals surface area contributed by atoms with Crippen molar-refractivity contribution >= 4 is 55.0 Å². The van der Waals surface area contributed by atoms with Crippen LogP contribution in [0.5, 0.6) is 0 Å². The summed E-state index contributed by atoms with van der Waals surface area (Å²) in [6.45, 7) is 15.4. The molecule has 10 nitrogen and oxygen atoms in total. The molecule has 3 heterocycles. The van der Waals surface area contributed by atoms with Crippen LogP contribution < -0.4 is 0 Å². The Labute approximate surface area is 412 Å². The molecule has 0 aliphatic carbocycles. The van der Waals surface area contributed by atoms with Crippen LogP contribution in [0.25, 0.3) is 121 Å². The van der Waals surface area contributed by atoms with Crippen LogP contribution in [0.2, 0.25) is 0 Å². The van der Waals surface area contributed by atoms with E-state index >= 15 is 0 Å². The van der Waals surface area contributed by atoms with Crippen molar-refractivity contribution < 1.29 is 0 Å². The SMILES string of the molecule is [C-]#[N+]c1cc(C#N)cc(-c2ccc3c(c2)c2ccccc2n3-c2cc(-c3nc(-c4ccccc4)nc(-c4ccccc4)n3)c(-n3c4ccccc4c4cc(-c5cc(C#N)cc([N+]#[C-])c5)ccc43)cc2C#N)c1. The van der Waals surface area contributed by atoms with E-state index in [4.69, 9.17) is 28.1 Å². The third kappa shape index (κ3) is 7.13. The van der Waals surface area contributed by atoms with Crippen molar-refractivity contribution in [2.75, 3.05) is 0 Å². The molecule has 0 amide bonds. The summed E-state index contributed by atoms with van der Waals surface area (Å²) in [5.41, 5.74) is 12.1. The lowest BCUT2D eigenvalue weighted by atomic mass is 10.00. The van der Waals surface area contributed by atoms with Gasteiger partial charge in [0.25, 0.3) is 0 Å². The largest absolute Gasteiger partial charge is 0.308 e. The topological polar surface area (TPSA) is 129 Å². The number of rotatable bonds is 7. The monoisotopic (exact) mass is 916 g/mol. The average molecular weight is 917 g/mol. The van der Waals surface area contributed by atoms with Crippen molar-refractivity contribution in [3.05, 3.63) is 234 Å². The summed E-state index contributed by atoms with van der Waals surface area (Å²) in [7, 11) is 0. The maximum absolute atomic E-state index is 11.4. The van der Waals surface area contributed by atoms with Crippen molar-refractivity contribution in [2.24, 2.45) is 0 Å². The molecule has 0 fully saturated rings. The quantitative estimate of drug-likeness (QED) is 0.146. The van der Waals surface area contributed by atoms with Crippen molar-refractivity contribution in [3.63, 3.8) is 0 Å². The first-order valence-electron chi connectivity index (χ1n) is 22.8. The molecule has 3 aromatic heterocycles. The zero-order valence-corrected chi connectivity index (χ0v) is 37.9. The van der Waals surface area contributed by atoms with Crippen LogP contribution in [0.1, 0.15) is 16.7 Å². The van der Waals surface area contributed by atoms with Gasteiger partial charge in [-0.2, -0.15) is 15.8 Å². The zero-order chi connectivity index (χ0) is 48.9. The smallest absolute Gasteiger partial charge is 0.189 e. The van der Waals surface area contributed by atoms with Gasteiger partial charge in [0, 0.05) is 49.4 Å². The minimum atomic E-state index is 0.381. The molecule has 10 heteroatoms. The summed E-state index contributed by atoms with van der Waals surface area (Å²) in [5.74, 6) is 1.35. The molecule has 12 rings (SSSR count). The third-order valence-corrected chi connectivity index (χ3v) is 13.0. The lowest BCUT2D eigenvalue weighted by Crippen LogP contribution is -2.07. The summed E-state index contributed by atoms with van der Waals surface area (Å²) < 4.78 is 4.27. The normalized spacial score (nSPS) is 11.0. The Morgan fingerprint density at radius 2 is 0.806 bits per heavy atom. The summed E-state index contributed by atoms with van der Waals surface area (Å²) in [5, 5.41) is 34.8. The van der Waals surface area contributed by atoms with E-state index < -0.39 is 0 Å². The zero-order valence-electron chi connectivity index (χ0n) is 37.9. The molecular formula is C62H32N10. The summed E-state index contributed by atoms with van der Waals surface area (Å²) in [6, 6.07) is 69.3. The number of fused-ring (bicyclic) bond motifs is 6. The van der Waals surface area contributed by atoms with Crippen molar-refractivity contribution in [2.45, 2.75) is 0 Å². The molecule has 72 heavy (non-hydrogen) atoms. The number of hydrogen-bond donors (Lipinski definition) is 0. The number of nitriles is 3. The highest BCUT2D eigenvalue weighted by Crippen LogP contribution is 2.43. The van der Waals surface area contributed by atoms with E-state index in [1.54, 1.807) is 36.4 Å². The molecule has 0 N–H and O–H groups in total. The Morgan fingerprint density at radius 1 is 0.361 bits per heavy atom. The van der Waals surface area contributed by atoms with E-state index in [2.05, 4.69) is 67.4 Å². The van der Waals surface area contributed by atoms with Gasteiger partial charge >= 0.3 is 0 Å². The molecule has 0 saturated carbocycles. The highest BCUT2D eigenvalue weighted by Gasteiger charge is 2.25. The maximum atomic E-state index is 11.4. The molecule has 0 unspecified atom stereocenters. The number of hydrogen-bond acceptors (Lipinski definition) is 6. The van der Waals surface area contributed by atoms with E-state index in [1.807, 2.05) is 127 Å². The van der Waals surface area contributed by atoms with E-state index in [0.29, 0.717) is 62.5 Å². The first-order chi connectivity index (χ1) is 35.4. The fraction of sp³-hybridized carbons (Fsp3) is 0. The molecule has 0 radical (unpaired) electrons. The van der Waals surface area contributed by atoms with Crippen LogP contribution >= 0.6 is 0 Å². The Hall–Kier alpha value is -11.0. The van der Waals surface area contributed by atoms with Crippen LogP contribution in [-0.2, 0) is 0 Å². The van der Waals surface area contributed by atoms with Gasteiger partial charge < -0.3 is 9.13 Å². The van der Waals surface area contributed by atoms with Crippen LogP contribution in [0, 0.1) is 47.1 Å². The third-order valence-electron chi connectivity index (χ3n) is 13.0. The fourth-order valence-electron chi connectivity index (χ4n) is 9.78. The van der Waals surface area contributed by atoms with E-state index in [9.17, 15) is 15.8 Å². The number of aromatic nitrogens is 5. The van der Waals surface area contributed by atoms with Gasteiger partial charge in [-0.3, -0.25) is 0 Å². The Balaban J connectivity index is 1.17. The molecule has 330 valence electrons. The van der Waals surface area contributed by atoms with Crippen molar-refractivity contribution in [3.8, 4) is 86.0 Å². The number of benzene rings is 9. The van der Waals surface area contributed by atoms with Gasteiger partial charge in [-0.25, -0.2) is 24.6 Å². The van der Waals surface area contributed by atoms with E-state index in [1.165, 1.54) is 0 Å². The highest BCUT2D eigenvalue weighted by atomic mass is 15.1. The first kappa shape index (κ1) is 42.4. The lowest BCUT2D eigenvalue weighted by Gasteiger charge is -2.19. The van der Waals surface area contributed by atoms with Crippen molar-refractivity contribution in [1.29, 1.82) is 15.8 Å². The Morgan fingerprint density at radius 3 is 1.28 bits per heavy atom. The van der Waals surface area contributed by atoms with E-state index in [0.717, 1.165) is 77.0 Å². The van der Waals surface area contributed by atoms with Crippen LogP contribution in [0.15, 0.2) is 194 Å². The van der Waals surface area contributed by atoms with Crippen LogP contribution in [-0.4, -0.2) is 24.1 Å². The Bertz CT molecular complexity index is 4330. The summed E-state index contributed by atoms with van der Waals surface area (Å²) >= 11 is 0. The molecule has 0 aliphatic heterocycles. The second-order valence-electron chi connectivity index (χ2n) is 17.2. The molecule has 9 aromatic carbocycles. The standard InChI is InChI=1S/C62H32N10/c1-66-47-27-38(35-63)25-44(29-47)42-21-23-56-51(31-42)49-17-9-11-19-54(49)71(56)58-34-53(62-69-60(40-13-5-3-6-14-40)68-61(70-62)41-15-7-4-8-16-41)59(33-46(58)37-65)72-55-20-12-10-18-50(55)52-32-43(22-24-57(52)72)45-26-39(36-64)28-48(30-45)67-2/h3-34H. The minimum absolute atomic E-state index is 0.381. The van der Waals surface area contributed by atoms with E-state index in [-0.39, 0.29) is 0 Å². The van der Waals surface area contributed by atoms with Gasteiger partial charge in [0.2, 0.25) is 0 Å². The predicted molar refractivity (Wildman–Crippen MR) is 282 cm³/mol. The summed E-state index contributed by atoms with van der Waals surface area (Å²) in [6.07, 6.45) is 0. The first-order valence-corrected chi connectivity index (χ1v) is 22.8. The number of para-hydroxylation sites is 2. The van der Waals surface area contributed by atoms with Gasteiger partial charge in [-0.1, -0.05) is 109 Å².